The van der Waals surface area contributed by atoms with Gasteiger partial charge >= 0.3 is 5.97 Å². The van der Waals surface area contributed by atoms with E-state index in [1.165, 1.54) is 18.4 Å². The largest absolute Gasteiger partial charge is 0.465 e. The Kier molecular flexibility index (Phi) is 8.75. The minimum Gasteiger partial charge on any atom is -0.465 e. The lowest BCUT2D eigenvalue weighted by molar-refractivity contribution is 0.0600. The second kappa shape index (κ2) is 11.0. The molecule has 7 heteroatoms. The van der Waals surface area contributed by atoms with Crippen LogP contribution >= 0.6 is 24.0 Å². The normalized spacial score (nSPS) is 16.2. The first kappa shape index (κ1) is 23.0. The molecule has 0 aromatic heterocycles. The van der Waals surface area contributed by atoms with Crippen LogP contribution in [-0.2, 0) is 11.3 Å². The minimum absolute atomic E-state index is 0. The van der Waals surface area contributed by atoms with Crippen LogP contribution in [0.15, 0.2) is 53.5 Å². The molecule has 1 unspecified atom stereocenters. The van der Waals surface area contributed by atoms with E-state index in [1.807, 2.05) is 12.1 Å². The van der Waals surface area contributed by atoms with Gasteiger partial charge in [0.1, 0.15) is 0 Å². The zero-order valence-corrected chi connectivity index (χ0v) is 19.5. The number of carbonyl (C=O) groups is 1. The van der Waals surface area contributed by atoms with Crippen LogP contribution in [0.5, 0.6) is 0 Å². The molecule has 0 spiro atoms. The summed E-state index contributed by atoms with van der Waals surface area (Å²) in [6.07, 6.45) is 1.07. The highest BCUT2D eigenvalue weighted by Gasteiger charge is 2.23. The number of nitrogens with one attached hydrogen (secondary N) is 2. The third-order valence-corrected chi connectivity index (χ3v) is 4.99. The van der Waals surface area contributed by atoms with Crippen LogP contribution in [-0.4, -0.2) is 45.2 Å². The van der Waals surface area contributed by atoms with Gasteiger partial charge in [-0.2, -0.15) is 0 Å². The van der Waals surface area contributed by atoms with Crippen molar-refractivity contribution in [1.82, 2.24) is 10.6 Å². The van der Waals surface area contributed by atoms with E-state index in [4.69, 9.17) is 4.74 Å². The van der Waals surface area contributed by atoms with E-state index < -0.39 is 0 Å². The van der Waals surface area contributed by atoms with Gasteiger partial charge in [0, 0.05) is 38.4 Å². The number of benzene rings is 2. The fourth-order valence-corrected chi connectivity index (χ4v) is 3.32. The molecule has 0 amide bonds. The van der Waals surface area contributed by atoms with Crippen LogP contribution in [0.25, 0.3) is 0 Å². The average Bonchev–Trinajstić information content (AvgIpc) is 3.20. The molecule has 3 rings (SSSR count). The predicted octanol–water partition coefficient (Wildman–Crippen LogP) is 3.34. The number of halogens is 1. The van der Waals surface area contributed by atoms with Crippen LogP contribution in [0.2, 0.25) is 0 Å². The first-order chi connectivity index (χ1) is 13.6. The van der Waals surface area contributed by atoms with Gasteiger partial charge in [-0.15, -0.1) is 24.0 Å². The van der Waals surface area contributed by atoms with Crippen molar-refractivity contribution in [3.05, 3.63) is 65.2 Å². The lowest BCUT2D eigenvalue weighted by Crippen LogP contribution is -2.44. The second-order valence-corrected chi connectivity index (χ2v) is 7.03. The van der Waals surface area contributed by atoms with Crippen molar-refractivity contribution in [3.8, 4) is 0 Å². The highest BCUT2D eigenvalue weighted by molar-refractivity contribution is 14.0. The fraction of sp³-hybridized carbons (Fsp3) is 0.364. The lowest BCUT2D eigenvalue weighted by atomic mass is 10.1. The molecule has 0 saturated carbocycles. The maximum Gasteiger partial charge on any atom is 0.337 e. The molecule has 2 N–H and O–H groups in total. The van der Waals surface area contributed by atoms with Gasteiger partial charge in [0.2, 0.25) is 0 Å². The van der Waals surface area contributed by atoms with Gasteiger partial charge in [0.05, 0.1) is 12.7 Å². The number of aliphatic imine (C=N–C) groups is 1. The Balaban J connectivity index is 0.00000300. The summed E-state index contributed by atoms with van der Waals surface area (Å²) in [5, 5.41) is 6.85. The summed E-state index contributed by atoms with van der Waals surface area (Å²) >= 11 is 0. The summed E-state index contributed by atoms with van der Waals surface area (Å²) in [5.41, 5.74) is 4.17. The summed E-state index contributed by atoms with van der Waals surface area (Å²) in [6, 6.07) is 16.4. The molecule has 1 aliphatic heterocycles. The van der Waals surface area contributed by atoms with Gasteiger partial charge < -0.3 is 20.3 Å². The monoisotopic (exact) mass is 508 g/mol. The zero-order chi connectivity index (χ0) is 19.9. The molecule has 29 heavy (non-hydrogen) atoms. The number of carbonyl (C=O) groups excluding carboxylic acids is 1. The van der Waals surface area contributed by atoms with Crippen molar-refractivity contribution >= 4 is 41.6 Å². The van der Waals surface area contributed by atoms with Crippen LogP contribution in [0.1, 0.15) is 27.9 Å². The van der Waals surface area contributed by atoms with Gasteiger partial charge in [-0.3, -0.25) is 4.99 Å². The highest BCUT2D eigenvalue weighted by Crippen LogP contribution is 2.20. The fourth-order valence-electron chi connectivity index (χ4n) is 3.32. The van der Waals surface area contributed by atoms with Gasteiger partial charge in [0.15, 0.2) is 5.96 Å². The number of hydrogen-bond donors (Lipinski definition) is 2. The molecule has 0 bridgehead atoms. The van der Waals surface area contributed by atoms with Crippen molar-refractivity contribution in [3.63, 3.8) is 0 Å². The number of ether oxygens (including phenoxy) is 1. The topological polar surface area (TPSA) is 66.0 Å². The minimum atomic E-state index is -0.323. The van der Waals surface area contributed by atoms with Crippen LogP contribution in [0.4, 0.5) is 5.69 Å². The average molecular weight is 508 g/mol. The maximum atomic E-state index is 11.5. The Labute approximate surface area is 189 Å². The number of aryl methyl sites for hydroxylation is 1. The molecule has 2 aromatic rings. The molecule has 1 atom stereocenters. The van der Waals surface area contributed by atoms with Crippen molar-refractivity contribution < 1.29 is 9.53 Å². The lowest BCUT2D eigenvalue weighted by Gasteiger charge is -2.20. The molecule has 0 aliphatic carbocycles. The van der Waals surface area contributed by atoms with Gasteiger partial charge in [-0.1, -0.05) is 29.8 Å². The summed E-state index contributed by atoms with van der Waals surface area (Å²) in [7, 11) is 3.17. The molecule has 156 valence electrons. The molecule has 1 saturated heterocycles. The molecule has 1 fully saturated rings. The molecule has 6 nitrogen and oxygen atoms in total. The quantitative estimate of drug-likeness (QED) is 0.281. The molecule has 2 aromatic carbocycles. The number of methoxy groups -OCH3 is 1. The number of rotatable bonds is 5. The standard InChI is InChI=1S/C22H28N4O2.HI/c1-16-4-10-20(11-5-16)26-13-12-19(15-26)25-22(23-2)24-14-17-6-8-18(9-7-17)21(27)28-3;/h4-11,19H,12-15H2,1-3H3,(H2,23,24,25);1H. The SMILES string of the molecule is CN=C(NCc1ccc(C(=O)OC)cc1)NC1CCN(c2ccc(C)cc2)C1.I. The summed E-state index contributed by atoms with van der Waals surface area (Å²) in [5.74, 6) is 0.462. The Hall–Kier alpha value is -2.29. The van der Waals surface area contributed by atoms with E-state index >= 15 is 0 Å². The van der Waals surface area contributed by atoms with Crippen LogP contribution in [0.3, 0.4) is 0 Å². The van der Waals surface area contributed by atoms with E-state index in [9.17, 15) is 4.79 Å². The van der Waals surface area contributed by atoms with E-state index in [-0.39, 0.29) is 29.9 Å². The first-order valence-corrected chi connectivity index (χ1v) is 9.55. The smallest absolute Gasteiger partial charge is 0.337 e. The van der Waals surface area contributed by atoms with Gasteiger partial charge in [-0.05, 0) is 43.2 Å². The Morgan fingerprint density at radius 2 is 1.86 bits per heavy atom. The maximum absolute atomic E-state index is 11.5. The Morgan fingerprint density at radius 1 is 1.17 bits per heavy atom. The summed E-state index contributed by atoms with van der Waals surface area (Å²) < 4.78 is 4.72. The van der Waals surface area contributed by atoms with E-state index in [2.05, 4.69) is 51.7 Å². The third-order valence-electron chi connectivity index (χ3n) is 4.99. The van der Waals surface area contributed by atoms with E-state index in [0.29, 0.717) is 18.2 Å². The van der Waals surface area contributed by atoms with Crippen molar-refractivity contribution in [2.45, 2.75) is 25.9 Å². The van der Waals surface area contributed by atoms with Gasteiger partial charge in [-0.25, -0.2) is 4.79 Å². The van der Waals surface area contributed by atoms with Crippen molar-refractivity contribution in [1.29, 1.82) is 0 Å². The third kappa shape index (κ3) is 6.35. The Bertz CT molecular complexity index is 822. The number of hydrogen-bond acceptors (Lipinski definition) is 4. The number of anilines is 1. The Morgan fingerprint density at radius 3 is 2.48 bits per heavy atom. The molecule has 1 heterocycles. The van der Waals surface area contributed by atoms with Crippen molar-refractivity contribution in [2.24, 2.45) is 4.99 Å². The first-order valence-electron chi connectivity index (χ1n) is 9.55. The molecular formula is C22H29IN4O2. The zero-order valence-electron chi connectivity index (χ0n) is 17.1. The number of guanidine groups is 1. The van der Waals surface area contributed by atoms with E-state index in [0.717, 1.165) is 31.0 Å². The molecule has 1 aliphatic rings. The van der Waals surface area contributed by atoms with Gasteiger partial charge in [0.25, 0.3) is 0 Å². The molecular weight excluding hydrogens is 479 g/mol. The highest BCUT2D eigenvalue weighted by atomic mass is 127. The second-order valence-electron chi connectivity index (χ2n) is 7.03. The predicted molar refractivity (Wildman–Crippen MR) is 128 cm³/mol. The number of esters is 1. The van der Waals surface area contributed by atoms with E-state index in [1.54, 1.807) is 19.2 Å². The summed E-state index contributed by atoms with van der Waals surface area (Å²) in [4.78, 5) is 18.2. The number of nitrogens with zero attached hydrogens (tertiary/aromatic N) is 2. The molecule has 0 radical (unpaired) electrons. The summed E-state index contributed by atoms with van der Waals surface area (Å²) in [6.45, 7) is 4.73. The van der Waals surface area contributed by atoms with Crippen molar-refractivity contribution in [2.75, 3.05) is 32.1 Å². The van der Waals surface area contributed by atoms with Crippen LogP contribution < -0.4 is 15.5 Å². The van der Waals surface area contributed by atoms with Crippen LogP contribution in [0, 0.1) is 6.92 Å².